The summed E-state index contributed by atoms with van der Waals surface area (Å²) < 4.78 is 68.7. The maximum absolute atomic E-state index is 13.1. The van der Waals surface area contributed by atoms with Crippen molar-refractivity contribution in [2.24, 2.45) is 23.7 Å². The van der Waals surface area contributed by atoms with Crippen LogP contribution in [0, 0.1) is 23.7 Å². The van der Waals surface area contributed by atoms with Gasteiger partial charge in [0.1, 0.15) is 19.3 Å². The van der Waals surface area contributed by atoms with Crippen molar-refractivity contribution in [1.29, 1.82) is 0 Å². The fraction of sp³-hybridized carbons (Fsp3) is 0.950. The monoisotopic (exact) mass is 1450 g/mol. The highest BCUT2D eigenvalue weighted by Gasteiger charge is 2.30. The second-order valence-corrected chi connectivity index (χ2v) is 33.4. The number of carbonyl (C=O) groups is 4. The molecule has 0 saturated carbocycles. The molecule has 588 valence electrons. The van der Waals surface area contributed by atoms with E-state index in [1.165, 1.54) is 205 Å². The van der Waals surface area contributed by atoms with Gasteiger partial charge in [0.05, 0.1) is 26.4 Å². The Morgan fingerprint density at radius 3 is 0.717 bits per heavy atom. The van der Waals surface area contributed by atoms with Crippen molar-refractivity contribution in [3.05, 3.63) is 0 Å². The maximum Gasteiger partial charge on any atom is 0.472 e. The third-order valence-electron chi connectivity index (χ3n) is 18.9. The van der Waals surface area contributed by atoms with E-state index in [9.17, 15) is 43.2 Å². The lowest BCUT2D eigenvalue weighted by Crippen LogP contribution is -2.30. The van der Waals surface area contributed by atoms with Crippen molar-refractivity contribution in [3.63, 3.8) is 0 Å². The van der Waals surface area contributed by atoms with Crippen LogP contribution >= 0.6 is 15.6 Å². The van der Waals surface area contributed by atoms with Crippen LogP contribution < -0.4 is 0 Å². The second-order valence-electron chi connectivity index (χ2n) is 30.5. The zero-order valence-electron chi connectivity index (χ0n) is 65.1. The molecule has 0 spiro atoms. The third kappa shape index (κ3) is 72.8. The van der Waals surface area contributed by atoms with Crippen LogP contribution in [0.1, 0.15) is 409 Å². The van der Waals surface area contributed by atoms with Crippen molar-refractivity contribution in [3.8, 4) is 0 Å². The summed E-state index contributed by atoms with van der Waals surface area (Å²) >= 11 is 0. The number of unbranched alkanes of at least 4 members (excludes halogenated alkanes) is 42. The Kier molecular flexibility index (Phi) is 67.8. The average molecular weight is 1450 g/mol. The molecule has 0 aromatic heterocycles. The molecular formula is C80H156O17P2. The number of esters is 4. The fourth-order valence-corrected chi connectivity index (χ4v) is 13.8. The number of hydrogen-bond donors (Lipinski definition) is 3. The standard InChI is InChI=1S/C80H156O17P2/c1-9-73(8)59-51-43-35-27-21-15-11-13-17-23-30-38-47-55-62-79(84)96-75(66-90-77(82)60-52-44-36-28-24-18-20-26-33-41-49-57-71(4)5)68-94-98(86,87)92-64-74(81)65-93-99(88,89)95-69-76(67-91-78(83)61-53-45-39-31-34-42-50-58-72(6)7)97-80(85)63-54-46-37-29-22-16-12-10-14-19-25-32-40-48-56-70(2)3/h70-76,81H,9-69H2,1-8H3,(H,86,87)(H,88,89)/t73?,74?,75-,76-/m1/s1. The average Bonchev–Trinajstić information content (AvgIpc) is 1.08. The first-order chi connectivity index (χ1) is 47.6. The molecule has 6 atom stereocenters. The molecule has 0 aromatic rings. The molecule has 0 amide bonds. The largest absolute Gasteiger partial charge is 0.472 e. The Labute approximate surface area is 607 Å². The van der Waals surface area contributed by atoms with Crippen molar-refractivity contribution in [1.82, 2.24) is 0 Å². The molecule has 0 aromatic carbocycles. The lowest BCUT2D eigenvalue weighted by molar-refractivity contribution is -0.161. The van der Waals surface area contributed by atoms with Gasteiger partial charge in [0, 0.05) is 25.7 Å². The molecule has 0 heterocycles. The topological polar surface area (TPSA) is 237 Å². The van der Waals surface area contributed by atoms with Crippen LogP contribution in [-0.4, -0.2) is 96.7 Å². The highest BCUT2D eigenvalue weighted by atomic mass is 31.2. The zero-order valence-corrected chi connectivity index (χ0v) is 66.9. The lowest BCUT2D eigenvalue weighted by atomic mass is 9.99. The first-order valence-corrected chi connectivity index (χ1v) is 44.2. The van der Waals surface area contributed by atoms with Crippen molar-refractivity contribution in [2.75, 3.05) is 39.6 Å². The maximum atomic E-state index is 13.1. The second kappa shape index (κ2) is 69.1. The summed E-state index contributed by atoms with van der Waals surface area (Å²) in [5, 5.41) is 10.6. The Morgan fingerprint density at radius 2 is 0.485 bits per heavy atom. The van der Waals surface area contributed by atoms with Crippen LogP contribution in [0.2, 0.25) is 0 Å². The Hall–Kier alpha value is -1.94. The summed E-state index contributed by atoms with van der Waals surface area (Å²) in [6.45, 7) is 14.3. The van der Waals surface area contributed by atoms with Gasteiger partial charge in [0.15, 0.2) is 12.2 Å². The van der Waals surface area contributed by atoms with Gasteiger partial charge >= 0.3 is 39.5 Å². The quantitative estimate of drug-likeness (QED) is 0.0222. The van der Waals surface area contributed by atoms with E-state index >= 15 is 0 Å². The highest BCUT2D eigenvalue weighted by Crippen LogP contribution is 2.45. The van der Waals surface area contributed by atoms with Gasteiger partial charge in [-0.1, -0.05) is 357 Å². The highest BCUT2D eigenvalue weighted by molar-refractivity contribution is 7.47. The normalized spacial score (nSPS) is 14.3. The number of phosphoric ester groups is 2. The summed E-state index contributed by atoms with van der Waals surface area (Å²) in [6.07, 6.45) is 55.5. The number of rotatable bonds is 77. The van der Waals surface area contributed by atoms with Crippen LogP contribution in [0.15, 0.2) is 0 Å². The van der Waals surface area contributed by atoms with Gasteiger partial charge in [-0.3, -0.25) is 37.3 Å². The molecule has 4 unspecified atom stereocenters. The van der Waals surface area contributed by atoms with E-state index in [4.69, 9.17) is 37.0 Å². The van der Waals surface area contributed by atoms with Gasteiger partial charge < -0.3 is 33.8 Å². The number of aliphatic hydroxyl groups is 1. The molecule has 19 heteroatoms. The van der Waals surface area contributed by atoms with Crippen molar-refractivity contribution >= 4 is 39.5 Å². The van der Waals surface area contributed by atoms with E-state index in [1.807, 2.05) is 0 Å². The van der Waals surface area contributed by atoms with Gasteiger partial charge in [-0.2, -0.15) is 0 Å². The molecular weight excluding hydrogens is 1290 g/mol. The number of ether oxygens (including phenoxy) is 4. The Bertz CT molecular complexity index is 1940. The molecule has 0 aliphatic carbocycles. The molecule has 0 fully saturated rings. The van der Waals surface area contributed by atoms with Gasteiger partial charge in [0.25, 0.3) is 0 Å². The molecule has 0 bridgehead atoms. The molecule has 0 aliphatic heterocycles. The first kappa shape index (κ1) is 97.1. The molecule has 17 nitrogen and oxygen atoms in total. The number of phosphoric acid groups is 2. The number of hydrogen-bond acceptors (Lipinski definition) is 15. The predicted molar refractivity (Wildman–Crippen MR) is 404 cm³/mol. The molecule has 0 radical (unpaired) electrons. The van der Waals surface area contributed by atoms with Gasteiger partial charge in [-0.05, 0) is 49.4 Å². The van der Waals surface area contributed by atoms with E-state index in [1.54, 1.807) is 0 Å². The van der Waals surface area contributed by atoms with Crippen molar-refractivity contribution < 1.29 is 80.2 Å². The Morgan fingerprint density at radius 1 is 0.283 bits per heavy atom. The molecule has 0 aliphatic rings. The molecule has 3 N–H and O–H groups in total. The molecule has 0 saturated heterocycles. The van der Waals surface area contributed by atoms with E-state index in [0.29, 0.717) is 31.6 Å². The minimum Gasteiger partial charge on any atom is -0.462 e. The molecule has 0 rings (SSSR count). The smallest absolute Gasteiger partial charge is 0.462 e. The summed E-state index contributed by atoms with van der Waals surface area (Å²) in [6, 6.07) is 0. The van der Waals surface area contributed by atoms with E-state index in [-0.39, 0.29) is 25.7 Å². The number of carbonyl (C=O) groups excluding carboxylic acids is 4. The fourth-order valence-electron chi connectivity index (χ4n) is 12.2. The lowest BCUT2D eigenvalue weighted by Gasteiger charge is -2.21. The minimum absolute atomic E-state index is 0.106. The summed E-state index contributed by atoms with van der Waals surface area (Å²) in [7, 11) is -9.92. The SMILES string of the molecule is CCC(C)CCCCCCCCCCCCCCCCC(=O)O[C@H](COC(=O)CCCCCCCCCCCCCC(C)C)COP(=O)(O)OCC(O)COP(=O)(O)OC[C@@H](COC(=O)CCCCCCCCCC(C)C)OC(=O)CCCCCCCCCCCCCCCCC(C)C. The van der Waals surface area contributed by atoms with Gasteiger partial charge in [0.2, 0.25) is 0 Å². The summed E-state index contributed by atoms with van der Waals surface area (Å²) in [5.41, 5.74) is 0. The van der Waals surface area contributed by atoms with Gasteiger partial charge in [-0.15, -0.1) is 0 Å². The van der Waals surface area contributed by atoms with Crippen molar-refractivity contribution in [2.45, 2.75) is 427 Å². The third-order valence-corrected chi connectivity index (χ3v) is 20.8. The van der Waals surface area contributed by atoms with E-state index < -0.39 is 97.5 Å². The van der Waals surface area contributed by atoms with Crippen LogP contribution in [0.25, 0.3) is 0 Å². The number of aliphatic hydroxyl groups excluding tert-OH is 1. The van der Waals surface area contributed by atoms with Crippen LogP contribution in [-0.2, 0) is 65.4 Å². The molecule has 99 heavy (non-hydrogen) atoms. The van der Waals surface area contributed by atoms with E-state index in [2.05, 4.69) is 55.4 Å². The van der Waals surface area contributed by atoms with Crippen LogP contribution in [0.5, 0.6) is 0 Å². The predicted octanol–water partition coefficient (Wildman–Crippen LogP) is 23.6. The van der Waals surface area contributed by atoms with Gasteiger partial charge in [-0.25, -0.2) is 9.13 Å². The first-order valence-electron chi connectivity index (χ1n) is 41.2. The zero-order chi connectivity index (χ0) is 73.1. The summed E-state index contributed by atoms with van der Waals surface area (Å²) in [4.78, 5) is 73.0. The van der Waals surface area contributed by atoms with Crippen LogP contribution in [0.3, 0.4) is 0 Å². The van der Waals surface area contributed by atoms with Crippen LogP contribution in [0.4, 0.5) is 0 Å². The minimum atomic E-state index is -4.96. The summed E-state index contributed by atoms with van der Waals surface area (Å²) in [5.74, 6) is 1.00. The Balaban J connectivity index is 5.25. The van der Waals surface area contributed by atoms with E-state index in [0.717, 1.165) is 114 Å².